The number of carbonyl (C=O) groups is 1. The number of hydrogen-bond donors (Lipinski definition) is 0. The Morgan fingerprint density at radius 2 is 1.82 bits per heavy atom. The van der Waals surface area contributed by atoms with Crippen molar-refractivity contribution in [1.29, 1.82) is 0 Å². The highest BCUT2D eigenvalue weighted by atomic mass is 32.1. The number of hydrogen-bond acceptors (Lipinski definition) is 2. The molecule has 0 atom stereocenters. The summed E-state index contributed by atoms with van der Waals surface area (Å²) in [6, 6.07) is 14.5. The molecule has 0 radical (unpaired) electrons. The van der Waals surface area contributed by atoms with E-state index in [1.165, 1.54) is 10.4 Å². The Hall–Kier alpha value is -1.61. The Labute approximate surface area is 137 Å². The van der Waals surface area contributed by atoms with E-state index < -0.39 is 0 Å². The number of thiophene rings is 1. The third kappa shape index (κ3) is 5.64. The van der Waals surface area contributed by atoms with E-state index in [2.05, 4.69) is 56.5 Å². The molecule has 0 aliphatic heterocycles. The summed E-state index contributed by atoms with van der Waals surface area (Å²) >= 11 is 1.71. The molecule has 1 aromatic carbocycles. The standard InChI is InChI=1S/C19H25NOS/c1-19(2,3)14-18(21)20(15-17-10-7-13-22-17)12-11-16-8-5-4-6-9-16/h4-10,13H,11-12,14-15H2,1-3H3. The van der Waals surface area contributed by atoms with Crippen LogP contribution in [0.5, 0.6) is 0 Å². The zero-order valence-corrected chi connectivity index (χ0v) is 14.5. The second kappa shape index (κ2) is 7.59. The lowest BCUT2D eigenvalue weighted by Gasteiger charge is -2.26. The van der Waals surface area contributed by atoms with E-state index in [4.69, 9.17) is 0 Å². The summed E-state index contributed by atoms with van der Waals surface area (Å²) in [5.41, 5.74) is 1.31. The van der Waals surface area contributed by atoms with Crippen molar-refractivity contribution in [2.75, 3.05) is 6.54 Å². The van der Waals surface area contributed by atoms with Crippen LogP contribution in [0.3, 0.4) is 0 Å². The van der Waals surface area contributed by atoms with Crippen molar-refractivity contribution in [2.45, 2.75) is 40.2 Å². The maximum Gasteiger partial charge on any atom is 0.223 e. The SMILES string of the molecule is CC(C)(C)CC(=O)N(CCc1ccccc1)Cc1cccs1. The van der Waals surface area contributed by atoms with Crippen molar-refractivity contribution in [3.05, 3.63) is 58.3 Å². The summed E-state index contributed by atoms with van der Waals surface area (Å²) < 4.78 is 0. The van der Waals surface area contributed by atoms with Gasteiger partial charge in [0.1, 0.15) is 0 Å². The predicted molar refractivity (Wildman–Crippen MR) is 94.0 cm³/mol. The quantitative estimate of drug-likeness (QED) is 0.753. The second-order valence-corrected chi connectivity index (χ2v) is 7.90. The van der Waals surface area contributed by atoms with Gasteiger partial charge < -0.3 is 4.90 Å². The van der Waals surface area contributed by atoms with Crippen LogP contribution in [0.25, 0.3) is 0 Å². The average molecular weight is 315 g/mol. The Bertz CT molecular complexity index is 569. The van der Waals surface area contributed by atoms with Gasteiger partial charge in [-0.25, -0.2) is 0 Å². The van der Waals surface area contributed by atoms with Crippen LogP contribution in [0.4, 0.5) is 0 Å². The number of amides is 1. The molecule has 0 fully saturated rings. The molecule has 0 spiro atoms. The summed E-state index contributed by atoms with van der Waals surface area (Å²) in [6.45, 7) is 7.85. The van der Waals surface area contributed by atoms with Crippen LogP contribution in [0.15, 0.2) is 47.8 Å². The minimum Gasteiger partial charge on any atom is -0.337 e. The first kappa shape index (κ1) is 16.8. The zero-order valence-electron chi connectivity index (χ0n) is 13.7. The van der Waals surface area contributed by atoms with Crippen LogP contribution in [-0.4, -0.2) is 17.4 Å². The van der Waals surface area contributed by atoms with Crippen molar-refractivity contribution >= 4 is 17.2 Å². The number of benzene rings is 1. The molecule has 0 unspecified atom stereocenters. The van der Waals surface area contributed by atoms with Crippen LogP contribution < -0.4 is 0 Å². The lowest BCUT2D eigenvalue weighted by molar-refractivity contribution is -0.133. The fraction of sp³-hybridized carbons (Fsp3) is 0.421. The normalized spacial score (nSPS) is 11.4. The molecule has 22 heavy (non-hydrogen) atoms. The summed E-state index contributed by atoms with van der Waals surface area (Å²) in [5.74, 6) is 0.247. The van der Waals surface area contributed by atoms with Gasteiger partial charge in [0, 0.05) is 17.8 Å². The monoisotopic (exact) mass is 315 g/mol. The Kier molecular flexibility index (Phi) is 5.78. The van der Waals surface area contributed by atoms with Gasteiger partial charge in [0.05, 0.1) is 6.54 Å². The van der Waals surface area contributed by atoms with Gasteiger partial charge >= 0.3 is 0 Å². The molecule has 0 aliphatic rings. The third-order valence-corrected chi connectivity index (χ3v) is 4.34. The largest absolute Gasteiger partial charge is 0.337 e. The van der Waals surface area contributed by atoms with Gasteiger partial charge in [-0.3, -0.25) is 4.79 Å². The molecule has 1 amide bonds. The molecule has 0 aliphatic carbocycles. The molecule has 2 nitrogen and oxygen atoms in total. The fourth-order valence-corrected chi connectivity index (χ4v) is 3.08. The summed E-state index contributed by atoms with van der Waals surface area (Å²) in [5, 5.41) is 2.07. The van der Waals surface area contributed by atoms with Crippen LogP contribution in [0, 0.1) is 5.41 Å². The molecule has 2 rings (SSSR count). The molecule has 0 saturated carbocycles. The molecule has 0 bridgehead atoms. The van der Waals surface area contributed by atoms with Gasteiger partial charge in [-0.05, 0) is 28.8 Å². The van der Waals surface area contributed by atoms with Gasteiger partial charge in [0.25, 0.3) is 0 Å². The van der Waals surface area contributed by atoms with Crippen molar-refractivity contribution in [3.8, 4) is 0 Å². The molecular formula is C19H25NOS. The minimum absolute atomic E-state index is 0.0253. The lowest BCUT2D eigenvalue weighted by Crippen LogP contribution is -2.34. The molecule has 1 heterocycles. The average Bonchev–Trinajstić information content (AvgIpc) is 2.95. The molecule has 0 saturated heterocycles. The second-order valence-electron chi connectivity index (χ2n) is 6.87. The molecule has 3 heteroatoms. The Morgan fingerprint density at radius 3 is 2.41 bits per heavy atom. The van der Waals surface area contributed by atoms with E-state index in [9.17, 15) is 4.79 Å². The van der Waals surface area contributed by atoms with E-state index in [0.29, 0.717) is 6.42 Å². The highest BCUT2D eigenvalue weighted by Gasteiger charge is 2.21. The van der Waals surface area contributed by atoms with Crippen LogP contribution >= 0.6 is 11.3 Å². The summed E-state index contributed by atoms with van der Waals surface area (Å²) in [6.07, 6.45) is 1.50. The number of carbonyl (C=O) groups excluding carboxylic acids is 1. The van der Waals surface area contributed by atoms with Gasteiger partial charge in [0.2, 0.25) is 5.91 Å². The highest BCUT2D eigenvalue weighted by molar-refractivity contribution is 7.09. The molecule has 0 N–H and O–H groups in total. The van der Waals surface area contributed by atoms with Gasteiger partial charge in [0.15, 0.2) is 0 Å². The van der Waals surface area contributed by atoms with Crippen molar-refractivity contribution < 1.29 is 4.79 Å². The van der Waals surface area contributed by atoms with Crippen molar-refractivity contribution in [1.82, 2.24) is 4.90 Å². The first-order valence-corrected chi connectivity index (χ1v) is 8.66. The third-order valence-electron chi connectivity index (χ3n) is 3.47. The van der Waals surface area contributed by atoms with Crippen molar-refractivity contribution in [3.63, 3.8) is 0 Å². The van der Waals surface area contributed by atoms with Crippen molar-refractivity contribution in [2.24, 2.45) is 5.41 Å². The minimum atomic E-state index is 0.0253. The topological polar surface area (TPSA) is 20.3 Å². The molecule has 2 aromatic rings. The summed E-state index contributed by atoms with van der Waals surface area (Å²) in [4.78, 5) is 15.9. The predicted octanol–water partition coefficient (Wildman–Crippen LogP) is 4.76. The van der Waals surface area contributed by atoms with E-state index in [-0.39, 0.29) is 11.3 Å². The van der Waals surface area contributed by atoms with Crippen LogP contribution in [0.1, 0.15) is 37.6 Å². The number of rotatable bonds is 6. The molecular weight excluding hydrogens is 290 g/mol. The fourth-order valence-electron chi connectivity index (χ4n) is 2.36. The van der Waals surface area contributed by atoms with E-state index >= 15 is 0 Å². The maximum atomic E-state index is 12.6. The smallest absolute Gasteiger partial charge is 0.223 e. The van der Waals surface area contributed by atoms with Crippen LogP contribution in [0.2, 0.25) is 0 Å². The van der Waals surface area contributed by atoms with Gasteiger partial charge in [-0.1, -0.05) is 57.2 Å². The van der Waals surface area contributed by atoms with E-state index in [0.717, 1.165) is 19.5 Å². The zero-order chi connectivity index (χ0) is 16.0. The Balaban J connectivity index is 2.02. The summed E-state index contributed by atoms with van der Waals surface area (Å²) in [7, 11) is 0. The molecule has 1 aromatic heterocycles. The first-order chi connectivity index (χ1) is 10.4. The lowest BCUT2D eigenvalue weighted by atomic mass is 9.91. The van der Waals surface area contributed by atoms with Gasteiger partial charge in [-0.15, -0.1) is 11.3 Å². The maximum absolute atomic E-state index is 12.6. The van der Waals surface area contributed by atoms with E-state index in [1.807, 2.05) is 17.0 Å². The van der Waals surface area contributed by atoms with Gasteiger partial charge in [-0.2, -0.15) is 0 Å². The Morgan fingerprint density at radius 1 is 1.09 bits per heavy atom. The highest BCUT2D eigenvalue weighted by Crippen LogP contribution is 2.21. The molecule has 118 valence electrons. The first-order valence-electron chi connectivity index (χ1n) is 7.78. The van der Waals surface area contributed by atoms with E-state index in [1.54, 1.807) is 11.3 Å². The number of nitrogens with zero attached hydrogens (tertiary/aromatic N) is 1. The van der Waals surface area contributed by atoms with Crippen LogP contribution in [-0.2, 0) is 17.8 Å².